The molecule has 2 nitrogen and oxygen atoms in total. The largest absolute Gasteiger partial charge is 0.328 e. The van der Waals surface area contributed by atoms with Gasteiger partial charge in [-0.25, -0.2) is 0 Å². The van der Waals surface area contributed by atoms with Crippen molar-refractivity contribution >= 4 is 0 Å². The molecule has 0 saturated heterocycles. The summed E-state index contributed by atoms with van der Waals surface area (Å²) in [5.74, 6) is 1.41. The first kappa shape index (κ1) is 12.9. The quantitative estimate of drug-likeness (QED) is 0.638. The minimum absolute atomic E-state index is 0.300. The molecule has 13 heavy (non-hydrogen) atoms. The summed E-state index contributed by atoms with van der Waals surface area (Å²) in [5.41, 5.74) is 5.78. The fraction of sp³-hybridized carbons (Fsp3) is 1.00. The van der Waals surface area contributed by atoms with Crippen LogP contribution in [0.5, 0.6) is 0 Å². The highest BCUT2D eigenvalue weighted by molar-refractivity contribution is 4.67. The van der Waals surface area contributed by atoms with E-state index in [9.17, 15) is 0 Å². The molecule has 0 aromatic carbocycles. The van der Waals surface area contributed by atoms with Crippen LogP contribution in [-0.2, 0) is 0 Å². The van der Waals surface area contributed by atoms with E-state index < -0.39 is 0 Å². The first-order valence-corrected chi connectivity index (χ1v) is 5.58. The standard InChI is InChI=1S/C11H26N2/c1-5-11(6-2)8-13-7-9(3)10(4)12/h9-11,13H,5-8,12H2,1-4H3. The summed E-state index contributed by atoms with van der Waals surface area (Å²) in [4.78, 5) is 0. The first-order chi connectivity index (χ1) is 6.11. The molecule has 0 aliphatic heterocycles. The van der Waals surface area contributed by atoms with Crippen molar-refractivity contribution in [3.8, 4) is 0 Å². The molecule has 0 radical (unpaired) electrons. The Morgan fingerprint density at radius 2 is 1.62 bits per heavy atom. The van der Waals surface area contributed by atoms with Crippen molar-refractivity contribution in [3.63, 3.8) is 0 Å². The van der Waals surface area contributed by atoms with E-state index in [1.807, 2.05) is 0 Å². The van der Waals surface area contributed by atoms with E-state index in [0.717, 1.165) is 19.0 Å². The maximum atomic E-state index is 5.78. The number of nitrogens with two attached hydrogens (primary N) is 1. The van der Waals surface area contributed by atoms with Crippen molar-refractivity contribution in [2.45, 2.75) is 46.6 Å². The van der Waals surface area contributed by atoms with Gasteiger partial charge in [0.25, 0.3) is 0 Å². The fourth-order valence-electron chi connectivity index (χ4n) is 1.28. The molecule has 2 unspecified atom stereocenters. The predicted octanol–water partition coefficient (Wildman–Crippen LogP) is 2.00. The van der Waals surface area contributed by atoms with Crippen LogP contribution in [0.1, 0.15) is 40.5 Å². The number of hydrogen-bond donors (Lipinski definition) is 2. The van der Waals surface area contributed by atoms with E-state index in [4.69, 9.17) is 5.73 Å². The summed E-state index contributed by atoms with van der Waals surface area (Å²) >= 11 is 0. The van der Waals surface area contributed by atoms with E-state index in [1.54, 1.807) is 0 Å². The average Bonchev–Trinajstić information content (AvgIpc) is 2.12. The Hall–Kier alpha value is -0.0800. The van der Waals surface area contributed by atoms with Crippen LogP contribution >= 0.6 is 0 Å². The maximum absolute atomic E-state index is 5.78. The molecule has 0 aliphatic rings. The Balaban J connectivity index is 3.43. The molecule has 0 aromatic heterocycles. The van der Waals surface area contributed by atoms with Gasteiger partial charge in [0, 0.05) is 6.04 Å². The molecule has 0 aliphatic carbocycles. The Morgan fingerprint density at radius 3 is 2.00 bits per heavy atom. The van der Waals surface area contributed by atoms with Crippen molar-refractivity contribution in [1.29, 1.82) is 0 Å². The lowest BCUT2D eigenvalue weighted by Crippen LogP contribution is -2.35. The molecule has 80 valence electrons. The lowest BCUT2D eigenvalue weighted by atomic mass is 10.0. The zero-order valence-corrected chi connectivity index (χ0v) is 9.64. The summed E-state index contributed by atoms with van der Waals surface area (Å²) in [6.07, 6.45) is 2.55. The highest BCUT2D eigenvalue weighted by atomic mass is 14.9. The summed E-state index contributed by atoms with van der Waals surface area (Å²) in [5, 5.41) is 3.49. The molecule has 2 heteroatoms. The second kappa shape index (κ2) is 7.34. The third-order valence-electron chi connectivity index (χ3n) is 2.95. The maximum Gasteiger partial charge on any atom is 0.00482 e. The van der Waals surface area contributed by atoms with Crippen LogP contribution in [0.15, 0.2) is 0 Å². The van der Waals surface area contributed by atoms with Crippen molar-refractivity contribution in [2.75, 3.05) is 13.1 Å². The van der Waals surface area contributed by atoms with Gasteiger partial charge in [0.15, 0.2) is 0 Å². The minimum atomic E-state index is 0.300. The Labute approximate surface area is 83.3 Å². The van der Waals surface area contributed by atoms with Crippen LogP contribution in [0, 0.1) is 11.8 Å². The molecule has 0 spiro atoms. The van der Waals surface area contributed by atoms with Gasteiger partial charge in [-0.15, -0.1) is 0 Å². The minimum Gasteiger partial charge on any atom is -0.328 e. The number of hydrogen-bond acceptors (Lipinski definition) is 2. The van der Waals surface area contributed by atoms with E-state index >= 15 is 0 Å². The second-order valence-electron chi connectivity index (χ2n) is 4.18. The van der Waals surface area contributed by atoms with Crippen molar-refractivity contribution < 1.29 is 0 Å². The lowest BCUT2D eigenvalue weighted by molar-refractivity contribution is 0.396. The molecule has 0 aromatic rings. The Kier molecular flexibility index (Phi) is 7.29. The predicted molar refractivity (Wildman–Crippen MR) is 59.8 cm³/mol. The SMILES string of the molecule is CCC(CC)CNCC(C)C(C)N. The van der Waals surface area contributed by atoms with Gasteiger partial charge in [0.05, 0.1) is 0 Å². The number of rotatable bonds is 7. The molecule has 0 heterocycles. The third kappa shape index (κ3) is 6.05. The van der Waals surface area contributed by atoms with E-state index in [-0.39, 0.29) is 0 Å². The van der Waals surface area contributed by atoms with Gasteiger partial charge in [-0.05, 0) is 31.8 Å². The second-order valence-corrected chi connectivity index (χ2v) is 4.18. The van der Waals surface area contributed by atoms with E-state index in [2.05, 4.69) is 33.0 Å². The Morgan fingerprint density at radius 1 is 1.08 bits per heavy atom. The molecular formula is C11H26N2. The monoisotopic (exact) mass is 186 g/mol. The molecule has 0 amide bonds. The molecule has 0 saturated carbocycles. The summed E-state index contributed by atoms with van der Waals surface area (Å²) in [6, 6.07) is 0.300. The Bertz CT molecular complexity index is 107. The average molecular weight is 186 g/mol. The third-order valence-corrected chi connectivity index (χ3v) is 2.95. The highest BCUT2D eigenvalue weighted by Crippen LogP contribution is 2.05. The van der Waals surface area contributed by atoms with Crippen LogP contribution in [0.25, 0.3) is 0 Å². The molecule has 0 fully saturated rings. The molecule has 0 bridgehead atoms. The van der Waals surface area contributed by atoms with Crippen LogP contribution < -0.4 is 11.1 Å². The van der Waals surface area contributed by atoms with E-state index in [1.165, 1.54) is 12.8 Å². The van der Waals surface area contributed by atoms with Gasteiger partial charge in [0.1, 0.15) is 0 Å². The lowest BCUT2D eigenvalue weighted by Gasteiger charge is -2.18. The summed E-state index contributed by atoms with van der Waals surface area (Å²) in [7, 11) is 0. The number of nitrogens with one attached hydrogen (secondary N) is 1. The smallest absolute Gasteiger partial charge is 0.00482 e. The normalized spacial score (nSPS) is 16.2. The molecular weight excluding hydrogens is 160 g/mol. The van der Waals surface area contributed by atoms with Crippen LogP contribution in [0.4, 0.5) is 0 Å². The molecule has 2 atom stereocenters. The van der Waals surface area contributed by atoms with Crippen LogP contribution in [-0.4, -0.2) is 19.1 Å². The van der Waals surface area contributed by atoms with Crippen molar-refractivity contribution in [3.05, 3.63) is 0 Å². The van der Waals surface area contributed by atoms with Crippen molar-refractivity contribution in [1.82, 2.24) is 5.32 Å². The summed E-state index contributed by atoms with van der Waals surface area (Å²) < 4.78 is 0. The fourth-order valence-corrected chi connectivity index (χ4v) is 1.28. The van der Waals surface area contributed by atoms with Crippen LogP contribution in [0.3, 0.4) is 0 Å². The van der Waals surface area contributed by atoms with Gasteiger partial charge in [0.2, 0.25) is 0 Å². The summed E-state index contributed by atoms with van der Waals surface area (Å²) in [6.45, 7) is 11.0. The van der Waals surface area contributed by atoms with Gasteiger partial charge >= 0.3 is 0 Å². The molecule has 0 rings (SSSR count). The van der Waals surface area contributed by atoms with Crippen molar-refractivity contribution in [2.24, 2.45) is 17.6 Å². The van der Waals surface area contributed by atoms with Gasteiger partial charge < -0.3 is 11.1 Å². The van der Waals surface area contributed by atoms with Gasteiger partial charge in [-0.3, -0.25) is 0 Å². The van der Waals surface area contributed by atoms with Gasteiger partial charge in [-0.1, -0.05) is 33.6 Å². The van der Waals surface area contributed by atoms with E-state index in [0.29, 0.717) is 12.0 Å². The van der Waals surface area contributed by atoms with Gasteiger partial charge in [-0.2, -0.15) is 0 Å². The zero-order chi connectivity index (χ0) is 10.3. The topological polar surface area (TPSA) is 38.0 Å². The van der Waals surface area contributed by atoms with Crippen LogP contribution in [0.2, 0.25) is 0 Å². The zero-order valence-electron chi connectivity index (χ0n) is 9.64. The molecule has 3 N–H and O–H groups in total. The highest BCUT2D eigenvalue weighted by Gasteiger charge is 2.08. The first-order valence-electron chi connectivity index (χ1n) is 5.58.